The van der Waals surface area contributed by atoms with Crippen LogP contribution in [0.15, 0.2) is 24.3 Å². The molecule has 0 amide bonds. The summed E-state index contributed by atoms with van der Waals surface area (Å²) < 4.78 is 0. The van der Waals surface area contributed by atoms with Crippen molar-refractivity contribution in [2.24, 2.45) is 0 Å². The largest absolute Gasteiger partial charge is 0.508 e. The van der Waals surface area contributed by atoms with E-state index in [0.29, 0.717) is 6.04 Å². The van der Waals surface area contributed by atoms with Crippen molar-refractivity contribution < 1.29 is 5.11 Å². The Balaban J connectivity index is 1.55. The molecule has 0 unspecified atom stereocenters. The molecule has 2 saturated heterocycles. The average molecular weight is 367 g/mol. The van der Waals surface area contributed by atoms with Crippen LogP contribution in [0.5, 0.6) is 5.75 Å². The molecule has 3 heterocycles. The van der Waals surface area contributed by atoms with Crippen LogP contribution in [0.2, 0.25) is 0 Å². The summed E-state index contributed by atoms with van der Waals surface area (Å²) in [6, 6.07) is 8.32. The number of aromatic nitrogens is 2. The Morgan fingerprint density at radius 3 is 2.70 bits per heavy atom. The van der Waals surface area contributed by atoms with E-state index in [0.717, 1.165) is 55.1 Å². The molecule has 4 rings (SSSR count). The minimum absolute atomic E-state index is 0.277. The van der Waals surface area contributed by atoms with Crippen molar-refractivity contribution >= 4 is 11.8 Å². The highest BCUT2D eigenvalue weighted by Crippen LogP contribution is 2.29. The molecule has 1 aromatic carbocycles. The lowest BCUT2D eigenvalue weighted by Gasteiger charge is -2.23. The van der Waals surface area contributed by atoms with Gasteiger partial charge < -0.3 is 21.1 Å². The molecule has 2 aromatic rings. The molecule has 0 bridgehead atoms. The van der Waals surface area contributed by atoms with Gasteiger partial charge in [-0.1, -0.05) is 6.42 Å². The summed E-state index contributed by atoms with van der Waals surface area (Å²) in [5.41, 5.74) is 8.79. The van der Waals surface area contributed by atoms with Crippen LogP contribution in [0.4, 0.5) is 11.8 Å². The van der Waals surface area contributed by atoms with Crippen LogP contribution in [0.1, 0.15) is 44.1 Å². The third kappa shape index (κ3) is 4.50. The molecule has 0 radical (unpaired) electrons. The van der Waals surface area contributed by atoms with Gasteiger partial charge in [0.25, 0.3) is 0 Å². The predicted octanol–water partition coefficient (Wildman–Crippen LogP) is 3.11. The van der Waals surface area contributed by atoms with E-state index in [4.69, 9.17) is 5.73 Å². The number of aryl methyl sites for hydroxylation is 1. The lowest BCUT2D eigenvalue weighted by Crippen LogP contribution is -2.34. The maximum absolute atomic E-state index is 10.2. The molecule has 0 spiro atoms. The summed E-state index contributed by atoms with van der Waals surface area (Å²) in [4.78, 5) is 11.1. The molecular formula is C21H29N5O. The molecule has 2 aliphatic heterocycles. The first-order valence-corrected chi connectivity index (χ1v) is 10.1. The Bertz CT molecular complexity index is 782. The molecule has 27 heavy (non-hydrogen) atoms. The van der Waals surface area contributed by atoms with Crippen molar-refractivity contribution in [3.05, 3.63) is 29.8 Å². The summed E-state index contributed by atoms with van der Waals surface area (Å²) in [7, 11) is 0. The molecule has 6 nitrogen and oxygen atoms in total. The van der Waals surface area contributed by atoms with E-state index in [1.165, 1.54) is 32.1 Å². The van der Waals surface area contributed by atoms with Gasteiger partial charge in [0, 0.05) is 30.8 Å². The Labute approximate surface area is 160 Å². The number of piperidine rings is 1. The third-order valence-corrected chi connectivity index (χ3v) is 5.63. The van der Waals surface area contributed by atoms with E-state index < -0.39 is 0 Å². The fourth-order valence-electron chi connectivity index (χ4n) is 4.19. The number of hydrogen-bond donors (Lipinski definition) is 3. The van der Waals surface area contributed by atoms with Gasteiger partial charge in [-0.25, -0.2) is 4.98 Å². The van der Waals surface area contributed by atoms with Gasteiger partial charge in [-0.05, 0) is 68.8 Å². The van der Waals surface area contributed by atoms with Crippen molar-refractivity contribution in [2.45, 2.75) is 51.0 Å². The van der Waals surface area contributed by atoms with Crippen molar-refractivity contribution in [3.8, 4) is 17.0 Å². The fraction of sp³-hybridized carbons (Fsp3) is 0.524. The monoisotopic (exact) mass is 367 g/mol. The van der Waals surface area contributed by atoms with E-state index in [-0.39, 0.29) is 11.7 Å². The molecule has 2 aliphatic rings. The Hall–Kier alpha value is -2.34. The first-order chi connectivity index (χ1) is 13.2. The van der Waals surface area contributed by atoms with Gasteiger partial charge in [-0.3, -0.25) is 0 Å². The minimum atomic E-state index is 0.277. The van der Waals surface area contributed by atoms with Gasteiger partial charge in [-0.15, -0.1) is 0 Å². The maximum atomic E-state index is 10.2. The molecule has 2 fully saturated rings. The summed E-state index contributed by atoms with van der Waals surface area (Å²) in [6.07, 6.45) is 8.24. The second-order valence-corrected chi connectivity index (χ2v) is 7.74. The van der Waals surface area contributed by atoms with Crippen molar-refractivity contribution in [3.63, 3.8) is 0 Å². The highest BCUT2D eigenvalue weighted by atomic mass is 16.3. The normalized spacial score (nSPS) is 20.1. The summed E-state index contributed by atoms with van der Waals surface area (Å²) in [5.74, 6) is 1.44. The molecule has 4 N–H and O–H groups in total. The van der Waals surface area contributed by atoms with Crippen LogP contribution in [0, 0.1) is 0 Å². The molecule has 1 aromatic heterocycles. The number of nitrogen functional groups attached to an aromatic ring is 1. The van der Waals surface area contributed by atoms with Crippen LogP contribution >= 0.6 is 0 Å². The smallest absolute Gasteiger partial charge is 0.222 e. The highest BCUT2D eigenvalue weighted by molar-refractivity contribution is 5.67. The number of nitrogens with two attached hydrogens (primary N) is 1. The lowest BCUT2D eigenvalue weighted by molar-refractivity contribution is 0.382. The number of anilines is 2. The van der Waals surface area contributed by atoms with E-state index in [9.17, 15) is 5.11 Å². The molecular weight excluding hydrogens is 338 g/mol. The highest BCUT2D eigenvalue weighted by Gasteiger charge is 2.17. The standard InChI is InChI=1S/C21H29N5O/c22-21-24-19(14-20(25-21)26-9-3-4-10-26)16-11-15(12-18(27)13-16)6-7-17-5-1-2-8-23-17/h11-14,17,23,27H,1-10H2,(H2,22,24,25)/t17-/m0/s1. The number of benzene rings is 1. The minimum Gasteiger partial charge on any atom is -0.508 e. The number of nitrogens with zero attached hydrogens (tertiary/aromatic N) is 3. The second-order valence-electron chi connectivity index (χ2n) is 7.74. The summed E-state index contributed by atoms with van der Waals surface area (Å²) >= 11 is 0. The third-order valence-electron chi connectivity index (χ3n) is 5.63. The first kappa shape index (κ1) is 18.0. The second kappa shape index (κ2) is 8.13. The number of rotatable bonds is 5. The van der Waals surface area contributed by atoms with Gasteiger partial charge in [0.15, 0.2) is 0 Å². The summed E-state index contributed by atoms with van der Waals surface area (Å²) in [6.45, 7) is 3.14. The molecule has 0 aliphatic carbocycles. The van der Waals surface area contributed by atoms with Crippen LogP contribution in [-0.4, -0.2) is 40.8 Å². The average Bonchev–Trinajstić information content (AvgIpc) is 3.21. The molecule has 1 atom stereocenters. The maximum Gasteiger partial charge on any atom is 0.222 e. The molecule has 0 saturated carbocycles. The van der Waals surface area contributed by atoms with E-state index in [1.54, 1.807) is 6.07 Å². The molecule has 144 valence electrons. The number of aromatic hydroxyl groups is 1. The Kier molecular flexibility index (Phi) is 5.43. The zero-order valence-electron chi connectivity index (χ0n) is 15.8. The van der Waals surface area contributed by atoms with E-state index >= 15 is 0 Å². The number of hydrogen-bond acceptors (Lipinski definition) is 6. The van der Waals surface area contributed by atoms with Gasteiger partial charge in [0.2, 0.25) is 5.95 Å². The topological polar surface area (TPSA) is 87.3 Å². The summed E-state index contributed by atoms with van der Waals surface area (Å²) in [5, 5.41) is 13.8. The van der Waals surface area contributed by atoms with Crippen LogP contribution < -0.4 is 16.0 Å². The molecule has 6 heteroatoms. The van der Waals surface area contributed by atoms with Gasteiger partial charge >= 0.3 is 0 Å². The van der Waals surface area contributed by atoms with Crippen LogP contribution in [-0.2, 0) is 6.42 Å². The van der Waals surface area contributed by atoms with Crippen molar-refractivity contribution in [2.75, 3.05) is 30.3 Å². The predicted molar refractivity (Wildman–Crippen MR) is 109 cm³/mol. The fourth-order valence-corrected chi connectivity index (χ4v) is 4.19. The first-order valence-electron chi connectivity index (χ1n) is 10.1. The van der Waals surface area contributed by atoms with E-state index in [1.807, 2.05) is 12.1 Å². The van der Waals surface area contributed by atoms with Gasteiger partial charge in [-0.2, -0.15) is 4.98 Å². The van der Waals surface area contributed by atoms with E-state index in [2.05, 4.69) is 26.3 Å². The zero-order valence-corrected chi connectivity index (χ0v) is 15.8. The zero-order chi connectivity index (χ0) is 18.6. The number of phenolic OH excluding ortho intramolecular Hbond substituents is 1. The van der Waals surface area contributed by atoms with Gasteiger partial charge in [0.1, 0.15) is 11.6 Å². The van der Waals surface area contributed by atoms with Crippen molar-refractivity contribution in [1.29, 1.82) is 0 Å². The Morgan fingerprint density at radius 1 is 1.07 bits per heavy atom. The number of nitrogens with one attached hydrogen (secondary N) is 1. The van der Waals surface area contributed by atoms with Crippen LogP contribution in [0.3, 0.4) is 0 Å². The number of phenols is 1. The Morgan fingerprint density at radius 2 is 1.93 bits per heavy atom. The quantitative estimate of drug-likeness (QED) is 0.753. The SMILES string of the molecule is Nc1nc(-c2cc(O)cc(CC[C@@H]3CCCCN3)c2)cc(N2CCCC2)n1. The van der Waals surface area contributed by atoms with Crippen LogP contribution in [0.25, 0.3) is 11.3 Å². The van der Waals surface area contributed by atoms with Crippen molar-refractivity contribution in [1.82, 2.24) is 15.3 Å². The lowest BCUT2D eigenvalue weighted by atomic mass is 9.96. The van der Waals surface area contributed by atoms with Gasteiger partial charge in [0.05, 0.1) is 5.69 Å².